The van der Waals surface area contributed by atoms with Crippen molar-refractivity contribution >= 4 is 16.9 Å². The number of carbonyl (C=O) groups excluding carboxylic acids is 1. The van der Waals surface area contributed by atoms with Crippen molar-refractivity contribution in [3.05, 3.63) is 35.5 Å². The fraction of sp³-hybridized carbons (Fsp3) is 0.438. The minimum atomic E-state index is -0.0541. The van der Waals surface area contributed by atoms with Crippen LogP contribution in [-0.4, -0.2) is 17.1 Å². The van der Waals surface area contributed by atoms with Crippen LogP contribution in [-0.2, 0) is 6.54 Å². The topological polar surface area (TPSA) is 56.9 Å². The Bertz CT molecular complexity index is 611. The molecule has 1 aliphatic rings. The van der Waals surface area contributed by atoms with Crippen molar-refractivity contribution in [3.8, 4) is 0 Å². The standard InChI is InChI=1S/C16H21N3O/c1-11-14(13-8-4-5-9-15(13)18-11)10-17-16(20)19-12-6-2-3-7-12/h4-5,8-9,12,18H,2-3,6-7,10H2,1H3,(H2,17,19,20). The second-order valence-corrected chi connectivity index (χ2v) is 5.58. The molecule has 0 atom stereocenters. The number of aromatic nitrogens is 1. The van der Waals surface area contributed by atoms with Crippen LogP contribution >= 0.6 is 0 Å². The fourth-order valence-corrected chi connectivity index (χ4v) is 3.04. The number of carbonyl (C=O) groups is 1. The summed E-state index contributed by atoms with van der Waals surface area (Å²) in [7, 11) is 0. The summed E-state index contributed by atoms with van der Waals surface area (Å²) >= 11 is 0. The average Bonchev–Trinajstić information content (AvgIpc) is 3.03. The molecule has 20 heavy (non-hydrogen) atoms. The first-order chi connectivity index (χ1) is 9.74. The van der Waals surface area contributed by atoms with Gasteiger partial charge in [-0.3, -0.25) is 0 Å². The monoisotopic (exact) mass is 271 g/mol. The van der Waals surface area contributed by atoms with Crippen LogP contribution in [0, 0.1) is 6.92 Å². The maximum absolute atomic E-state index is 11.9. The number of aryl methyl sites for hydroxylation is 1. The minimum absolute atomic E-state index is 0.0541. The van der Waals surface area contributed by atoms with E-state index in [0.717, 1.165) is 24.1 Å². The van der Waals surface area contributed by atoms with Gasteiger partial charge in [-0.15, -0.1) is 0 Å². The van der Waals surface area contributed by atoms with E-state index in [2.05, 4.69) is 27.8 Å². The molecule has 0 bridgehead atoms. The summed E-state index contributed by atoms with van der Waals surface area (Å²) < 4.78 is 0. The van der Waals surface area contributed by atoms with E-state index in [0.29, 0.717) is 12.6 Å². The Morgan fingerprint density at radius 1 is 1.30 bits per heavy atom. The smallest absolute Gasteiger partial charge is 0.315 e. The summed E-state index contributed by atoms with van der Waals surface area (Å²) in [6.07, 6.45) is 4.68. The van der Waals surface area contributed by atoms with Gasteiger partial charge in [-0.25, -0.2) is 4.79 Å². The molecule has 0 unspecified atom stereocenters. The lowest BCUT2D eigenvalue weighted by atomic mass is 10.1. The highest BCUT2D eigenvalue weighted by Crippen LogP contribution is 2.21. The van der Waals surface area contributed by atoms with E-state index in [4.69, 9.17) is 0 Å². The summed E-state index contributed by atoms with van der Waals surface area (Å²) in [5.74, 6) is 0. The van der Waals surface area contributed by atoms with E-state index < -0.39 is 0 Å². The highest BCUT2D eigenvalue weighted by molar-refractivity contribution is 5.85. The number of H-pyrrole nitrogens is 1. The first-order valence-corrected chi connectivity index (χ1v) is 7.34. The summed E-state index contributed by atoms with van der Waals surface area (Å²) in [6.45, 7) is 2.61. The van der Waals surface area contributed by atoms with E-state index in [1.54, 1.807) is 0 Å². The molecule has 106 valence electrons. The van der Waals surface area contributed by atoms with Gasteiger partial charge in [0.25, 0.3) is 0 Å². The van der Waals surface area contributed by atoms with Gasteiger partial charge < -0.3 is 15.6 Å². The first-order valence-electron chi connectivity index (χ1n) is 7.34. The third kappa shape index (κ3) is 2.64. The van der Waals surface area contributed by atoms with Gasteiger partial charge >= 0.3 is 6.03 Å². The van der Waals surface area contributed by atoms with Gasteiger partial charge in [-0.1, -0.05) is 31.0 Å². The Hall–Kier alpha value is -1.97. The zero-order chi connectivity index (χ0) is 13.9. The molecule has 1 aromatic carbocycles. The van der Waals surface area contributed by atoms with Gasteiger partial charge in [-0.05, 0) is 31.4 Å². The highest BCUT2D eigenvalue weighted by atomic mass is 16.2. The van der Waals surface area contributed by atoms with Gasteiger partial charge in [0.15, 0.2) is 0 Å². The molecule has 1 heterocycles. The average molecular weight is 271 g/mol. The van der Waals surface area contributed by atoms with Gasteiger partial charge in [0.05, 0.1) is 0 Å². The van der Waals surface area contributed by atoms with E-state index in [1.165, 1.54) is 23.8 Å². The molecule has 0 aliphatic heterocycles. The first kappa shape index (κ1) is 13.0. The number of rotatable bonds is 3. The number of urea groups is 1. The highest BCUT2D eigenvalue weighted by Gasteiger charge is 2.17. The maximum Gasteiger partial charge on any atom is 0.315 e. The van der Waals surface area contributed by atoms with Crippen LogP contribution < -0.4 is 10.6 Å². The third-order valence-corrected chi connectivity index (χ3v) is 4.14. The normalized spacial score (nSPS) is 15.7. The Labute approximate surface area is 118 Å². The van der Waals surface area contributed by atoms with E-state index >= 15 is 0 Å². The number of nitrogens with one attached hydrogen (secondary N) is 3. The number of amides is 2. The van der Waals surface area contributed by atoms with Crippen LogP contribution in [0.3, 0.4) is 0 Å². The summed E-state index contributed by atoms with van der Waals surface area (Å²) in [5.41, 5.74) is 3.41. The van der Waals surface area contributed by atoms with E-state index in [9.17, 15) is 4.79 Å². The van der Waals surface area contributed by atoms with Crippen molar-refractivity contribution < 1.29 is 4.79 Å². The Morgan fingerprint density at radius 2 is 2.05 bits per heavy atom. The number of fused-ring (bicyclic) bond motifs is 1. The molecule has 4 nitrogen and oxygen atoms in total. The lowest BCUT2D eigenvalue weighted by Crippen LogP contribution is -2.40. The summed E-state index contributed by atoms with van der Waals surface area (Å²) in [5, 5.41) is 7.21. The molecule has 3 N–H and O–H groups in total. The molecule has 0 radical (unpaired) electrons. The minimum Gasteiger partial charge on any atom is -0.358 e. The number of hydrogen-bond acceptors (Lipinski definition) is 1. The van der Waals surface area contributed by atoms with Crippen molar-refractivity contribution in [3.63, 3.8) is 0 Å². The van der Waals surface area contributed by atoms with Gasteiger partial charge in [-0.2, -0.15) is 0 Å². The predicted molar refractivity (Wildman–Crippen MR) is 80.7 cm³/mol. The van der Waals surface area contributed by atoms with Gasteiger partial charge in [0, 0.05) is 29.2 Å². The largest absolute Gasteiger partial charge is 0.358 e. The fourth-order valence-electron chi connectivity index (χ4n) is 3.04. The maximum atomic E-state index is 11.9. The molecule has 1 aromatic heterocycles. The van der Waals surface area contributed by atoms with E-state index in [-0.39, 0.29) is 6.03 Å². The van der Waals surface area contributed by atoms with Crippen molar-refractivity contribution in [2.24, 2.45) is 0 Å². The number of hydrogen-bond donors (Lipinski definition) is 3. The number of benzene rings is 1. The number of para-hydroxylation sites is 1. The zero-order valence-corrected chi connectivity index (χ0v) is 11.8. The molecule has 4 heteroatoms. The SMILES string of the molecule is Cc1[nH]c2ccccc2c1CNC(=O)NC1CCCC1. The molecule has 3 rings (SSSR count). The van der Waals surface area contributed by atoms with Crippen LogP contribution in [0.4, 0.5) is 4.79 Å². The molecule has 0 saturated heterocycles. The summed E-state index contributed by atoms with van der Waals surface area (Å²) in [6, 6.07) is 8.50. The van der Waals surface area contributed by atoms with Crippen molar-refractivity contribution in [1.82, 2.24) is 15.6 Å². The van der Waals surface area contributed by atoms with Crippen LogP contribution in [0.1, 0.15) is 36.9 Å². The molecule has 0 spiro atoms. The van der Waals surface area contributed by atoms with Crippen molar-refractivity contribution in [2.75, 3.05) is 0 Å². The predicted octanol–water partition coefficient (Wildman–Crippen LogP) is 3.22. The number of aromatic amines is 1. The van der Waals surface area contributed by atoms with Crippen molar-refractivity contribution in [2.45, 2.75) is 45.2 Å². The van der Waals surface area contributed by atoms with Gasteiger partial charge in [0.2, 0.25) is 0 Å². The van der Waals surface area contributed by atoms with Crippen molar-refractivity contribution in [1.29, 1.82) is 0 Å². The third-order valence-electron chi connectivity index (χ3n) is 4.14. The van der Waals surface area contributed by atoms with Crippen LogP contribution in [0.2, 0.25) is 0 Å². The molecule has 2 amide bonds. The van der Waals surface area contributed by atoms with E-state index in [1.807, 2.05) is 19.1 Å². The van der Waals surface area contributed by atoms with Crippen LogP contribution in [0.5, 0.6) is 0 Å². The zero-order valence-electron chi connectivity index (χ0n) is 11.8. The molecule has 1 saturated carbocycles. The van der Waals surface area contributed by atoms with Crippen LogP contribution in [0.15, 0.2) is 24.3 Å². The quantitative estimate of drug-likeness (QED) is 0.788. The second kappa shape index (κ2) is 5.57. The van der Waals surface area contributed by atoms with Crippen LogP contribution in [0.25, 0.3) is 10.9 Å². The second-order valence-electron chi connectivity index (χ2n) is 5.58. The lowest BCUT2D eigenvalue weighted by molar-refractivity contribution is 0.236. The molecule has 2 aromatic rings. The molecule has 1 aliphatic carbocycles. The molecular weight excluding hydrogens is 250 g/mol. The summed E-state index contributed by atoms with van der Waals surface area (Å²) in [4.78, 5) is 15.3. The Kier molecular flexibility index (Phi) is 3.63. The van der Waals surface area contributed by atoms with Gasteiger partial charge in [0.1, 0.15) is 0 Å². The Balaban J connectivity index is 1.64. The Morgan fingerprint density at radius 3 is 2.85 bits per heavy atom. The lowest BCUT2D eigenvalue weighted by Gasteiger charge is -2.13. The molecular formula is C16H21N3O. The molecule has 1 fully saturated rings.